The Labute approximate surface area is 425 Å². The standard InChI is InChI=1S/C47H51NO14.C6H12O6/c1-25-31(60-43(56)36(52)35(28-16-10-7-11-17-28)48-41(54)29-18-12-8-13-19-29)23-47(57)40(61-42(55)30-20-14-9-15-21-30)38-45(6,32(51)22-33-46(38,24-58-33)62-27(3)50)39(53)37(59-26(2)49)34(25)44(47,4)5;7-1-3(9)5(11)6(12)4(10)2-8/h7-21,31-33,35-38,40,51-52,57H,22-24H2,1-6H3,(H,48,54);1,3-6,8-12H,2H2/t31-,32-,33+,35-,36+,37+,38-,40-,45+,46-,47+;3-,4+,5+,6-/m00/s1. The van der Waals surface area contributed by atoms with Crippen molar-refractivity contribution in [2.75, 3.05) is 13.2 Å². The average Bonchev–Trinajstić information content (AvgIpc) is 3.38. The van der Waals surface area contributed by atoms with E-state index in [9.17, 15) is 44.1 Å². The van der Waals surface area contributed by atoms with Gasteiger partial charge >= 0.3 is 23.9 Å². The van der Waals surface area contributed by atoms with Gasteiger partial charge in [0, 0.05) is 37.7 Å². The Morgan fingerprint density at radius 3 is 1.89 bits per heavy atom. The van der Waals surface area contributed by atoms with Crippen molar-refractivity contribution in [1.29, 1.82) is 0 Å². The first-order valence-corrected chi connectivity index (χ1v) is 23.8. The third kappa shape index (κ3) is 10.7. The summed E-state index contributed by atoms with van der Waals surface area (Å²) in [7, 11) is 0. The van der Waals surface area contributed by atoms with Gasteiger partial charge in [0.1, 0.15) is 48.3 Å². The molecule has 1 amide bonds. The summed E-state index contributed by atoms with van der Waals surface area (Å²) in [5.41, 5.74) is -7.02. The van der Waals surface area contributed by atoms with Crippen molar-refractivity contribution in [3.63, 3.8) is 0 Å². The maximum Gasteiger partial charge on any atom is 0.338 e. The van der Waals surface area contributed by atoms with Crippen LogP contribution in [0.4, 0.5) is 0 Å². The molecule has 2 bridgehead atoms. The molecule has 3 aromatic carbocycles. The molecular formula is C53H63NO20. The summed E-state index contributed by atoms with van der Waals surface area (Å²) in [5.74, 6) is -6.84. The molecular weight excluding hydrogens is 971 g/mol. The lowest BCUT2D eigenvalue weighted by molar-refractivity contribution is -0.346. The number of carbonyl (C=O) groups is 7. The van der Waals surface area contributed by atoms with Gasteiger partial charge in [0.25, 0.3) is 5.91 Å². The third-order valence-electron chi connectivity index (χ3n) is 14.9. The molecule has 3 fully saturated rings. The second-order valence-corrected chi connectivity index (χ2v) is 19.7. The van der Waals surface area contributed by atoms with Crippen LogP contribution in [0.2, 0.25) is 0 Å². The van der Waals surface area contributed by atoms with Crippen LogP contribution in [-0.4, -0.2) is 168 Å². The predicted octanol–water partition coefficient (Wildman–Crippen LogP) is 0.357. The van der Waals surface area contributed by atoms with Crippen LogP contribution >= 0.6 is 0 Å². The number of hydrogen-bond acceptors (Lipinski definition) is 20. The van der Waals surface area contributed by atoms with Crippen molar-refractivity contribution in [3.05, 3.63) is 119 Å². The molecule has 21 heteroatoms. The van der Waals surface area contributed by atoms with Gasteiger partial charge in [-0.05, 0) is 54.8 Å². The summed E-state index contributed by atoms with van der Waals surface area (Å²) in [5, 5.41) is 83.8. The topological polar surface area (TPSA) is 340 Å². The maximum atomic E-state index is 15.5. The first-order valence-electron chi connectivity index (χ1n) is 23.8. The summed E-state index contributed by atoms with van der Waals surface area (Å²) in [6.07, 6.45) is -17.4. The van der Waals surface area contributed by atoms with Crippen LogP contribution in [0.3, 0.4) is 0 Å². The largest absolute Gasteiger partial charge is 0.456 e. The summed E-state index contributed by atoms with van der Waals surface area (Å²) in [4.78, 5) is 93.3. The number of fused-ring (bicyclic) bond motifs is 5. The predicted molar refractivity (Wildman–Crippen MR) is 255 cm³/mol. The van der Waals surface area contributed by atoms with E-state index < -0.39 is 144 Å². The zero-order chi connectivity index (χ0) is 54.7. The monoisotopic (exact) mass is 1030 g/mol. The van der Waals surface area contributed by atoms with Crippen molar-refractivity contribution in [2.45, 2.75) is 133 Å². The fourth-order valence-corrected chi connectivity index (χ4v) is 10.8. The number of amides is 1. The number of rotatable bonds is 15. The minimum atomic E-state index is -2.39. The third-order valence-corrected chi connectivity index (χ3v) is 14.9. The van der Waals surface area contributed by atoms with Crippen LogP contribution in [0, 0.1) is 16.7 Å². The first-order chi connectivity index (χ1) is 34.8. The van der Waals surface area contributed by atoms with Gasteiger partial charge in [-0.1, -0.05) is 80.6 Å². The van der Waals surface area contributed by atoms with E-state index in [-0.39, 0.29) is 41.6 Å². The summed E-state index contributed by atoms with van der Waals surface area (Å²) in [6.45, 7) is 7.21. The number of benzene rings is 3. The number of hydrogen-bond donors (Lipinski definition) is 9. The zero-order valence-corrected chi connectivity index (χ0v) is 41.5. The van der Waals surface area contributed by atoms with Gasteiger partial charge in [-0.2, -0.15) is 0 Å². The molecule has 21 nitrogen and oxygen atoms in total. The highest BCUT2D eigenvalue weighted by Gasteiger charge is 2.78. The number of aliphatic hydroxyl groups is 8. The highest BCUT2D eigenvalue weighted by atomic mass is 16.6. The normalized spacial score (nSPS) is 30.1. The van der Waals surface area contributed by atoms with E-state index in [0.717, 1.165) is 13.8 Å². The molecule has 2 saturated carbocycles. The van der Waals surface area contributed by atoms with Gasteiger partial charge in [-0.25, -0.2) is 9.59 Å². The molecule has 0 aromatic heterocycles. The molecule has 4 aliphatic rings. The van der Waals surface area contributed by atoms with E-state index in [4.69, 9.17) is 49.2 Å². The van der Waals surface area contributed by atoms with Crippen molar-refractivity contribution >= 4 is 41.9 Å². The second-order valence-electron chi connectivity index (χ2n) is 19.7. The van der Waals surface area contributed by atoms with Crippen LogP contribution in [-0.2, 0) is 47.7 Å². The molecule has 1 saturated heterocycles. The molecule has 0 unspecified atom stereocenters. The van der Waals surface area contributed by atoms with E-state index in [1.54, 1.807) is 92.7 Å². The number of ketones is 1. The smallest absolute Gasteiger partial charge is 0.338 e. The maximum absolute atomic E-state index is 15.5. The van der Waals surface area contributed by atoms with Gasteiger partial charge in [0.05, 0.1) is 42.3 Å². The molecule has 15 atom stereocenters. The molecule has 9 N–H and O–H groups in total. The first kappa shape index (κ1) is 57.0. The van der Waals surface area contributed by atoms with Gasteiger partial charge < -0.3 is 74.6 Å². The lowest BCUT2D eigenvalue weighted by Crippen LogP contribution is -2.82. The minimum absolute atomic E-state index is 0.00289. The van der Waals surface area contributed by atoms with E-state index in [0.29, 0.717) is 5.56 Å². The summed E-state index contributed by atoms with van der Waals surface area (Å²) < 4.78 is 30.3. The number of esters is 4. The molecule has 0 radical (unpaired) electrons. The van der Waals surface area contributed by atoms with E-state index in [1.807, 2.05) is 0 Å². The summed E-state index contributed by atoms with van der Waals surface area (Å²) in [6, 6.07) is 22.9. The van der Waals surface area contributed by atoms with Gasteiger partial charge in [0.15, 0.2) is 29.9 Å². The van der Waals surface area contributed by atoms with E-state index in [2.05, 4.69) is 5.32 Å². The molecule has 74 heavy (non-hydrogen) atoms. The molecule has 0 spiro atoms. The number of aldehydes is 1. The average molecular weight is 1030 g/mol. The molecule has 400 valence electrons. The lowest BCUT2D eigenvalue weighted by atomic mass is 9.44. The quantitative estimate of drug-likeness (QED) is 0.0429. The van der Waals surface area contributed by atoms with E-state index in [1.165, 1.54) is 26.0 Å². The molecule has 1 aliphatic heterocycles. The Hall–Kier alpha value is -6.27. The van der Waals surface area contributed by atoms with Crippen molar-refractivity contribution in [2.24, 2.45) is 16.7 Å². The molecule has 3 aliphatic carbocycles. The number of aliphatic hydroxyl groups excluding tert-OH is 7. The summed E-state index contributed by atoms with van der Waals surface area (Å²) >= 11 is 0. The van der Waals surface area contributed by atoms with Crippen LogP contribution in [0.5, 0.6) is 0 Å². The van der Waals surface area contributed by atoms with Crippen molar-refractivity contribution < 1.29 is 98.1 Å². The Morgan fingerprint density at radius 2 is 1.38 bits per heavy atom. The van der Waals surface area contributed by atoms with Crippen molar-refractivity contribution in [3.8, 4) is 0 Å². The van der Waals surface area contributed by atoms with Gasteiger partial charge in [-0.3, -0.25) is 19.2 Å². The van der Waals surface area contributed by atoms with Crippen LogP contribution in [0.1, 0.15) is 86.7 Å². The number of carbonyl (C=O) groups excluding carboxylic acids is 7. The fraction of sp³-hybridized carbons (Fsp3) is 0.491. The van der Waals surface area contributed by atoms with Crippen molar-refractivity contribution in [1.82, 2.24) is 5.32 Å². The molecule has 7 rings (SSSR count). The highest BCUT2D eigenvalue weighted by Crippen LogP contribution is 2.64. The highest BCUT2D eigenvalue weighted by molar-refractivity contribution is 5.96. The number of ether oxygens (including phenoxy) is 5. The van der Waals surface area contributed by atoms with Gasteiger partial charge in [-0.15, -0.1) is 0 Å². The van der Waals surface area contributed by atoms with Gasteiger partial charge in [0.2, 0.25) is 0 Å². The Bertz CT molecular complexity index is 2580. The second kappa shape index (κ2) is 22.7. The lowest BCUT2D eigenvalue weighted by Gasteiger charge is -2.67. The number of Topliss-reactive ketones (excluding diaryl/α,β-unsaturated/α-hetero) is 1. The Balaban J connectivity index is 0.000000660. The molecule has 3 aromatic rings. The number of nitrogens with one attached hydrogen (secondary N) is 1. The van der Waals surface area contributed by atoms with Crippen LogP contribution < -0.4 is 5.32 Å². The van der Waals surface area contributed by atoms with Crippen LogP contribution in [0.15, 0.2) is 102 Å². The van der Waals surface area contributed by atoms with Crippen LogP contribution in [0.25, 0.3) is 0 Å². The Kier molecular flexibility index (Phi) is 17.5. The zero-order valence-electron chi connectivity index (χ0n) is 41.5. The minimum Gasteiger partial charge on any atom is -0.456 e. The molecule has 1 heterocycles. The Morgan fingerprint density at radius 1 is 0.811 bits per heavy atom. The SMILES string of the molecule is CC(=O)O[C@H]1C(=O)[C@@]2(C)[C@H]([C@H](OC(=O)c3ccccc3)[C@]3(O)C[C@H](OC(=O)[C@H](O)[C@@H](NC(=O)c4ccccc4)c4ccccc4)C(C)=C1C3(C)C)[C@]1(OC(C)=O)CO[C@@H]1C[C@@H]2O.O=C[C@H](O)[C@@H](O)[C@@H](O)[C@H](O)CO. The van der Waals surface area contributed by atoms with E-state index >= 15 is 4.79 Å². The fourth-order valence-electron chi connectivity index (χ4n) is 10.8.